The van der Waals surface area contributed by atoms with Crippen LogP contribution in [0.2, 0.25) is 0 Å². The summed E-state index contributed by atoms with van der Waals surface area (Å²) >= 11 is 0. The Bertz CT molecular complexity index is 21.5. The molecule has 0 bridgehead atoms. The molecule has 0 aromatic carbocycles. The molecule has 6 heavy (non-hydrogen) atoms. The van der Waals surface area contributed by atoms with E-state index in [0.29, 0.717) is 0 Å². The summed E-state index contributed by atoms with van der Waals surface area (Å²) in [7, 11) is 0. The highest BCUT2D eigenvalue weighted by molar-refractivity contribution is 6.13. The van der Waals surface area contributed by atoms with Crippen molar-refractivity contribution in [3.63, 3.8) is 0 Å². The van der Waals surface area contributed by atoms with E-state index in [1.54, 1.807) is 0 Å². The summed E-state index contributed by atoms with van der Waals surface area (Å²) in [5.74, 6) is 0. The number of nitrogens with zero attached hydrogens (tertiary/aromatic N) is 1. The average Bonchev–Trinajstić information content (AvgIpc) is 1.39. The summed E-state index contributed by atoms with van der Waals surface area (Å²) in [5, 5.41) is 21.9. The van der Waals surface area contributed by atoms with Crippen LogP contribution in [0, 0.1) is 4.91 Å². The van der Waals surface area contributed by atoms with Crippen molar-refractivity contribution in [3.8, 4) is 0 Å². The van der Waals surface area contributed by atoms with Crippen LogP contribution < -0.4 is 0 Å². The maximum Gasteiger partial charge on any atom is 0.482 e. The zero-order chi connectivity index (χ0) is 5.41. The second-order valence-electron chi connectivity index (χ2n) is 0.197. The first-order valence-electron chi connectivity index (χ1n) is 0.899. The molecule has 0 saturated heterocycles. The average molecular weight is 91.8 g/mol. The molecule has 0 heterocycles. The van der Waals surface area contributed by atoms with E-state index >= 15 is 0 Å². The quantitative estimate of drug-likeness (QED) is 0.195. The van der Waals surface area contributed by atoms with Gasteiger partial charge in [-0.15, -0.1) is 4.91 Å². The molecule has 0 fully saturated rings. The fourth-order valence-electron chi connectivity index (χ4n) is 0. The third-order valence-electron chi connectivity index (χ3n) is 0. The standard InChI is InChI=1S/BH2O2.HNO2/c2*2-1-3/h2-3H;(H,2,3). The highest BCUT2D eigenvalue weighted by Crippen LogP contribution is 1.25. The predicted octanol–water partition coefficient (Wildman–Crippen LogP) is -1.35. The van der Waals surface area contributed by atoms with Crippen LogP contribution in [-0.2, 0) is 0 Å². The van der Waals surface area contributed by atoms with Gasteiger partial charge < -0.3 is 15.3 Å². The van der Waals surface area contributed by atoms with Gasteiger partial charge in [0, 0.05) is 0 Å². The van der Waals surface area contributed by atoms with E-state index in [9.17, 15) is 0 Å². The van der Waals surface area contributed by atoms with Gasteiger partial charge in [0.15, 0.2) is 5.34 Å². The molecule has 0 saturated carbocycles. The Morgan fingerprint density at radius 2 is 1.50 bits per heavy atom. The first kappa shape index (κ1) is 9.04. The molecular weight excluding hydrogens is 88.8 g/mol. The lowest BCUT2D eigenvalue weighted by Crippen LogP contribution is -1.75. The number of hydrogen-bond donors (Lipinski definition) is 3. The zero-order valence-corrected chi connectivity index (χ0v) is 2.77. The van der Waals surface area contributed by atoms with Crippen molar-refractivity contribution in [2.45, 2.75) is 0 Å². The van der Waals surface area contributed by atoms with E-state index in [-0.39, 0.29) is 7.69 Å². The smallest absolute Gasteiger partial charge is 0.429 e. The molecule has 0 amide bonds. The lowest BCUT2D eigenvalue weighted by molar-refractivity contribution is 0.312. The molecule has 0 aliphatic rings. The van der Waals surface area contributed by atoms with Crippen molar-refractivity contribution >= 4 is 7.69 Å². The van der Waals surface area contributed by atoms with Crippen molar-refractivity contribution in [2.75, 3.05) is 0 Å². The minimum atomic E-state index is 0. The normalized spacial score (nSPS) is 4.33. The molecule has 0 aromatic heterocycles. The fourth-order valence-corrected chi connectivity index (χ4v) is 0. The van der Waals surface area contributed by atoms with Gasteiger partial charge in [0.2, 0.25) is 0 Å². The molecular formula is H3BNO4. The van der Waals surface area contributed by atoms with E-state index in [1.807, 2.05) is 0 Å². The second kappa shape index (κ2) is 26.2. The summed E-state index contributed by atoms with van der Waals surface area (Å²) in [6.45, 7) is 0. The van der Waals surface area contributed by atoms with Crippen LogP contribution in [0.15, 0.2) is 5.34 Å². The van der Waals surface area contributed by atoms with E-state index in [2.05, 4.69) is 0 Å². The first-order valence-corrected chi connectivity index (χ1v) is 0.899. The second-order valence-corrected chi connectivity index (χ2v) is 0.197. The summed E-state index contributed by atoms with van der Waals surface area (Å²) < 4.78 is 0. The molecule has 3 N–H and O–H groups in total. The van der Waals surface area contributed by atoms with Gasteiger partial charge in [-0.25, -0.2) is 0 Å². The van der Waals surface area contributed by atoms with E-state index < -0.39 is 0 Å². The van der Waals surface area contributed by atoms with Gasteiger partial charge in [-0.05, 0) is 0 Å². The van der Waals surface area contributed by atoms with Gasteiger partial charge in [0.1, 0.15) is 0 Å². The minimum Gasteiger partial charge on any atom is -0.429 e. The van der Waals surface area contributed by atoms with Crippen molar-refractivity contribution in [1.29, 1.82) is 0 Å². The van der Waals surface area contributed by atoms with Crippen molar-refractivity contribution in [3.05, 3.63) is 4.91 Å². The predicted molar refractivity (Wildman–Crippen MR) is 17.8 cm³/mol. The number of rotatable bonds is 0. The molecule has 1 radical (unpaired) electrons. The van der Waals surface area contributed by atoms with Gasteiger partial charge in [0.25, 0.3) is 0 Å². The third kappa shape index (κ3) is 50.9. The Balaban J connectivity index is 0. The van der Waals surface area contributed by atoms with Crippen LogP contribution in [0.4, 0.5) is 0 Å². The van der Waals surface area contributed by atoms with Gasteiger partial charge in [-0.2, -0.15) is 0 Å². The Hall–Kier alpha value is -0.615. The van der Waals surface area contributed by atoms with E-state index in [1.165, 1.54) is 5.34 Å². The topological polar surface area (TPSA) is 90.1 Å². The molecule has 0 aliphatic carbocycles. The van der Waals surface area contributed by atoms with Crippen molar-refractivity contribution in [1.82, 2.24) is 0 Å². The van der Waals surface area contributed by atoms with E-state index in [4.69, 9.17) is 20.2 Å². The Labute approximate surface area is 34.5 Å². The Morgan fingerprint density at radius 1 is 1.50 bits per heavy atom. The van der Waals surface area contributed by atoms with Crippen LogP contribution in [0.5, 0.6) is 0 Å². The van der Waals surface area contributed by atoms with Gasteiger partial charge in [-0.1, -0.05) is 0 Å². The molecule has 0 aromatic rings. The SMILES string of the molecule is O=NO.O[B]O. The molecule has 0 aliphatic heterocycles. The summed E-state index contributed by atoms with van der Waals surface area (Å²) in [6.07, 6.45) is 0. The van der Waals surface area contributed by atoms with Crippen LogP contribution in [0.3, 0.4) is 0 Å². The molecule has 35 valence electrons. The minimum absolute atomic E-state index is 0. The molecule has 6 heteroatoms. The van der Waals surface area contributed by atoms with Crippen molar-refractivity contribution < 1.29 is 15.3 Å². The van der Waals surface area contributed by atoms with Crippen LogP contribution in [-0.4, -0.2) is 22.9 Å². The Morgan fingerprint density at radius 3 is 1.50 bits per heavy atom. The zero-order valence-electron chi connectivity index (χ0n) is 2.77. The summed E-state index contributed by atoms with van der Waals surface area (Å²) in [4.78, 5) is 8.11. The highest BCUT2D eigenvalue weighted by atomic mass is 16.6. The molecule has 0 spiro atoms. The van der Waals surface area contributed by atoms with Gasteiger partial charge in [-0.3, -0.25) is 0 Å². The lowest BCUT2D eigenvalue weighted by atomic mass is 10.5. The highest BCUT2D eigenvalue weighted by Gasteiger charge is 1.51. The molecule has 0 atom stereocenters. The Kier molecular flexibility index (Phi) is 39.5. The van der Waals surface area contributed by atoms with Crippen LogP contribution >= 0.6 is 0 Å². The molecule has 5 nitrogen and oxygen atoms in total. The molecule has 0 unspecified atom stereocenters. The van der Waals surface area contributed by atoms with Gasteiger partial charge in [0.05, 0.1) is 0 Å². The first-order chi connectivity index (χ1) is 2.83. The maximum absolute atomic E-state index is 8.11. The maximum atomic E-state index is 8.11. The lowest BCUT2D eigenvalue weighted by Gasteiger charge is -1.46. The van der Waals surface area contributed by atoms with E-state index in [0.717, 1.165) is 0 Å². The monoisotopic (exact) mass is 92.0 g/mol. The molecule has 0 rings (SSSR count). The summed E-state index contributed by atoms with van der Waals surface area (Å²) in [6, 6.07) is 0. The largest absolute Gasteiger partial charge is 0.482 e. The van der Waals surface area contributed by atoms with Crippen molar-refractivity contribution in [2.24, 2.45) is 5.34 Å². The number of hydrogen-bond acceptors (Lipinski definition) is 4. The summed E-state index contributed by atoms with van der Waals surface area (Å²) in [5.41, 5.74) is 0. The third-order valence-corrected chi connectivity index (χ3v) is 0. The van der Waals surface area contributed by atoms with Crippen LogP contribution in [0.25, 0.3) is 0 Å². The van der Waals surface area contributed by atoms with Gasteiger partial charge >= 0.3 is 7.69 Å². The van der Waals surface area contributed by atoms with Crippen LogP contribution in [0.1, 0.15) is 0 Å². The fraction of sp³-hybridized carbons (Fsp3) is 0.